The molecule has 14 heavy (non-hydrogen) atoms. The third-order valence-corrected chi connectivity index (χ3v) is 2.22. The molecule has 1 atom stereocenters. The number of hydrogen-bond acceptors (Lipinski definition) is 3. The van der Waals surface area contributed by atoms with Gasteiger partial charge in [0.1, 0.15) is 0 Å². The second-order valence-corrected chi connectivity index (χ2v) is 3.73. The van der Waals surface area contributed by atoms with Gasteiger partial charge in [-0.1, -0.05) is 20.3 Å². The molecule has 0 aliphatic carbocycles. The summed E-state index contributed by atoms with van der Waals surface area (Å²) in [5.41, 5.74) is 0. The third kappa shape index (κ3) is 8.05. The van der Waals surface area contributed by atoms with E-state index >= 15 is 0 Å². The number of aliphatic hydroxyl groups excluding tert-OH is 1. The molecule has 0 aliphatic heterocycles. The summed E-state index contributed by atoms with van der Waals surface area (Å²) in [6.45, 7) is 4.85. The molecule has 0 aromatic heterocycles. The van der Waals surface area contributed by atoms with E-state index in [2.05, 4.69) is 6.92 Å². The summed E-state index contributed by atoms with van der Waals surface area (Å²) < 4.78 is 5.01. The largest absolute Gasteiger partial charge is 0.466 e. The fourth-order valence-corrected chi connectivity index (χ4v) is 1.13. The Bertz CT molecular complexity index is 145. The van der Waals surface area contributed by atoms with Crippen molar-refractivity contribution in [1.29, 1.82) is 0 Å². The molecule has 0 saturated carbocycles. The Morgan fingerprint density at radius 1 is 1.43 bits per heavy atom. The number of unbranched alkanes of at least 4 members (excludes halogenated alkanes) is 1. The summed E-state index contributed by atoms with van der Waals surface area (Å²) in [4.78, 5) is 11.1. The highest BCUT2D eigenvalue weighted by atomic mass is 16.5. The zero-order chi connectivity index (χ0) is 10.8. The quantitative estimate of drug-likeness (QED) is 0.484. The summed E-state index contributed by atoms with van der Waals surface area (Å²) in [6, 6.07) is 0. The minimum atomic E-state index is -0.108. The third-order valence-electron chi connectivity index (χ3n) is 2.22. The number of carbonyl (C=O) groups excluding carboxylic acids is 1. The van der Waals surface area contributed by atoms with Crippen molar-refractivity contribution in [3.63, 3.8) is 0 Å². The van der Waals surface area contributed by atoms with Crippen LogP contribution in [0.25, 0.3) is 0 Å². The first kappa shape index (κ1) is 13.4. The van der Waals surface area contributed by atoms with E-state index in [4.69, 9.17) is 9.84 Å². The smallest absolute Gasteiger partial charge is 0.305 e. The van der Waals surface area contributed by atoms with Gasteiger partial charge in [0.05, 0.1) is 6.61 Å². The molecule has 84 valence electrons. The zero-order valence-electron chi connectivity index (χ0n) is 9.29. The van der Waals surface area contributed by atoms with Gasteiger partial charge in [-0.15, -0.1) is 0 Å². The van der Waals surface area contributed by atoms with E-state index in [1.165, 1.54) is 0 Å². The van der Waals surface area contributed by atoms with Crippen molar-refractivity contribution >= 4 is 5.97 Å². The summed E-state index contributed by atoms with van der Waals surface area (Å²) in [6.07, 6.45) is 4.05. The van der Waals surface area contributed by atoms with Gasteiger partial charge >= 0.3 is 5.97 Å². The lowest BCUT2D eigenvalue weighted by molar-refractivity contribution is -0.144. The van der Waals surface area contributed by atoms with Crippen LogP contribution in [0.1, 0.15) is 46.0 Å². The maximum absolute atomic E-state index is 11.1. The van der Waals surface area contributed by atoms with Crippen molar-refractivity contribution in [3.8, 4) is 0 Å². The fourth-order valence-electron chi connectivity index (χ4n) is 1.13. The van der Waals surface area contributed by atoms with Crippen LogP contribution in [0.3, 0.4) is 0 Å². The molecule has 0 heterocycles. The zero-order valence-corrected chi connectivity index (χ0v) is 9.29. The van der Waals surface area contributed by atoms with E-state index in [9.17, 15) is 4.79 Å². The van der Waals surface area contributed by atoms with Crippen molar-refractivity contribution < 1.29 is 14.6 Å². The molecule has 3 nitrogen and oxygen atoms in total. The van der Waals surface area contributed by atoms with Crippen LogP contribution < -0.4 is 0 Å². The molecule has 0 unspecified atom stereocenters. The van der Waals surface area contributed by atoms with Crippen molar-refractivity contribution in [2.24, 2.45) is 5.92 Å². The molecule has 0 fully saturated rings. The van der Waals surface area contributed by atoms with E-state index < -0.39 is 0 Å². The first-order chi connectivity index (χ1) is 6.70. The van der Waals surface area contributed by atoms with Crippen LogP contribution in [-0.4, -0.2) is 24.3 Å². The van der Waals surface area contributed by atoms with Gasteiger partial charge in [0.15, 0.2) is 0 Å². The lowest BCUT2D eigenvalue weighted by Crippen LogP contribution is -2.08. The van der Waals surface area contributed by atoms with Gasteiger partial charge in [0.25, 0.3) is 0 Å². The maximum atomic E-state index is 11.1. The molecule has 0 aromatic carbocycles. The molecular formula is C11H22O3. The molecule has 0 saturated heterocycles. The predicted octanol–water partition coefficient (Wildman–Crippen LogP) is 2.13. The minimum Gasteiger partial charge on any atom is -0.466 e. The Morgan fingerprint density at radius 3 is 2.71 bits per heavy atom. The highest BCUT2D eigenvalue weighted by Gasteiger charge is 2.06. The number of esters is 1. The fraction of sp³-hybridized carbons (Fsp3) is 0.909. The first-order valence-electron chi connectivity index (χ1n) is 5.47. The number of ether oxygens (including phenoxy) is 1. The van der Waals surface area contributed by atoms with E-state index in [0.29, 0.717) is 18.9 Å². The van der Waals surface area contributed by atoms with Gasteiger partial charge in [-0.25, -0.2) is 0 Å². The lowest BCUT2D eigenvalue weighted by atomic mass is 10.0. The van der Waals surface area contributed by atoms with Gasteiger partial charge < -0.3 is 9.84 Å². The van der Waals surface area contributed by atoms with E-state index in [1.807, 2.05) is 6.92 Å². The highest BCUT2D eigenvalue weighted by Crippen LogP contribution is 2.10. The molecule has 3 heteroatoms. The normalized spacial score (nSPS) is 12.5. The van der Waals surface area contributed by atoms with Gasteiger partial charge in [-0.3, -0.25) is 4.79 Å². The van der Waals surface area contributed by atoms with Crippen LogP contribution >= 0.6 is 0 Å². The highest BCUT2D eigenvalue weighted by molar-refractivity contribution is 5.69. The van der Waals surface area contributed by atoms with Crippen LogP contribution in [0.4, 0.5) is 0 Å². The summed E-state index contributed by atoms with van der Waals surface area (Å²) >= 11 is 0. The van der Waals surface area contributed by atoms with Crippen molar-refractivity contribution in [1.82, 2.24) is 0 Å². The van der Waals surface area contributed by atoms with Crippen LogP contribution in [-0.2, 0) is 9.53 Å². The van der Waals surface area contributed by atoms with Crippen LogP contribution in [0.2, 0.25) is 0 Å². The Balaban J connectivity index is 3.34. The topological polar surface area (TPSA) is 46.5 Å². The molecule has 0 aromatic rings. The molecule has 0 aliphatic rings. The van der Waals surface area contributed by atoms with Crippen LogP contribution in [0.15, 0.2) is 0 Å². The lowest BCUT2D eigenvalue weighted by Gasteiger charge is -2.08. The van der Waals surface area contributed by atoms with Crippen molar-refractivity contribution in [2.45, 2.75) is 46.0 Å². The van der Waals surface area contributed by atoms with E-state index in [0.717, 1.165) is 25.7 Å². The molecule has 1 N–H and O–H groups in total. The van der Waals surface area contributed by atoms with Crippen LogP contribution in [0, 0.1) is 5.92 Å². The van der Waals surface area contributed by atoms with Gasteiger partial charge in [0, 0.05) is 13.0 Å². The van der Waals surface area contributed by atoms with Crippen molar-refractivity contribution in [2.75, 3.05) is 13.2 Å². The number of aliphatic hydroxyl groups is 1. The second kappa shape index (κ2) is 9.00. The Morgan fingerprint density at radius 2 is 2.14 bits per heavy atom. The molecular weight excluding hydrogens is 180 g/mol. The number of carbonyl (C=O) groups is 1. The SMILES string of the molecule is CCCCOC(=O)CC[C@H](C)CCO. The molecule has 0 bridgehead atoms. The van der Waals surface area contributed by atoms with Crippen molar-refractivity contribution in [3.05, 3.63) is 0 Å². The average molecular weight is 202 g/mol. The maximum Gasteiger partial charge on any atom is 0.305 e. The molecule has 0 rings (SSSR count). The molecule has 0 amide bonds. The van der Waals surface area contributed by atoms with Crippen LogP contribution in [0.5, 0.6) is 0 Å². The standard InChI is InChI=1S/C11H22O3/c1-3-4-9-14-11(13)6-5-10(2)7-8-12/h10,12H,3-9H2,1-2H3/t10-/m0/s1. The first-order valence-corrected chi connectivity index (χ1v) is 5.47. The Labute approximate surface area is 86.5 Å². The predicted molar refractivity (Wildman–Crippen MR) is 56.0 cm³/mol. The number of rotatable bonds is 8. The van der Waals surface area contributed by atoms with Gasteiger partial charge in [-0.2, -0.15) is 0 Å². The number of hydrogen-bond donors (Lipinski definition) is 1. The van der Waals surface area contributed by atoms with Gasteiger partial charge in [0.2, 0.25) is 0 Å². The monoisotopic (exact) mass is 202 g/mol. The Hall–Kier alpha value is -0.570. The van der Waals surface area contributed by atoms with E-state index in [-0.39, 0.29) is 12.6 Å². The molecule has 0 spiro atoms. The minimum absolute atomic E-state index is 0.108. The second-order valence-electron chi connectivity index (χ2n) is 3.73. The van der Waals surface area contributed by atoms with E-state index in [1.54, 1.807) is 0 Å². The summed E-state index contributed by atoms with van der Waals surface area (Å²) in [7, 11) is 0. The summed E-state index contributed by atoms with van der Waals surface area (Å²) in [5.74, 6) is 0.293. The average Bonchev–Trinajstić information content (AvgIpc) is 2.16. The summed E-state index contributed by atoms with van der Waals surface area (Å²) in [5, 5.41) is 8.66. The molecule has 0 radical (unpaired) electrons. The Kier molecular flexibility index (Phi) is 8.64. The van der Waals surface area contributed by atoms with Gasteiger partial charge in [-0.05, 0) is 25.2 Å².